The highest BCUT2D eigenvalue weighted by molar-refractivity contribution is 5.89. The Labute approximate surface area is 194 Å². The van der Waals surface area contributed by atoms with Gasteiger partial charge in [-0.2, -0.15) is 0 Å². The highest BCUT2D eigenvalue weighted by Crippen LogP contribution is 2.30. The van der Waals surface area contributed by atoms with Crippen LogP contribution in [0, 0.1) is 0 Å². The molecule has 2 aliphatic heterocycles. The number of aliphatic hydroxyl groups is 1. The minimum Gasteiger partial charge on any atom is -0.444 e. The van der Waals surface area contributed by atoms with E-state index in [0.29, 0.717) is 38.3 Å². The Kier molecular flexibility index (Phi) is 6.58. The second-order valence-electron chi connectivity index (χ2n) is 9.46. The molecule has 0 radical (unpaired) electrons. The molecule has 8 heteroatoms. The molecule has 1 fully saturated rings. The zero-order chi connectivity index (χ0) is 23.6. The zero-order valence-corrected chi connectivity index (χ0v) is 19.4. The lowest BCUT2D eigenvalue weighted by atomic mass is 10.1. The Hall–Kier alpha value is -3.10. The molecule has 0 saturated carbocycles. The maximum absolute atomic E-state index is 12.4. The number of aliphatic hydroxyl groups excluding tert-OH is 1. The molecule has 2 aliphatic rings. The standard InChI is InChI=1S/C25H31N3O5/c1-25(2,3)32-24(31)27-14-19-9-10-21(13-20(19)15-27)26-11-12-28(22(16-26)17-29)33-23(30)18-7-5-4-6-8-18/h4-10,13,22,29H,11-12,14-17H2,1-3H3. The molecule has 1 unspecified atom stereocenters. The number of piperazine rings is 1. The summed E-state index contributed by atoms with van der Waals surface area (Å²) in [6, 6.07) is 14.7. The zero-order valence-electron chi connectivity index (χ0n) is 19.4. The molecule has 2 aromatic carbocycles. The van der Waals surface area contributed by atoms with Gasteiger partial charge in [0.15, 0.2) is 0 Å². The lowest BCUT2D eigenvalue weighted by Crippen LogP contribution is -2.55. The summed E-state index contributed by atoms with van der Waals surface area (Å²) in [5, 5.41) is 11.5. The van der Waals surface area contributed by atoms with Gasteiger partial charge < -0.3 is 19.6 Å². The van der Waals surface area contributed by atoms with Crippen molar-refractivity contribution in [3.05, 3.63) is 65.2 Å². The number of anilines is 1. The van der Waals surface area contributed by atoms with Crippen molar-refractivity contribution in [3.63, 3.8) is 0 Å². The fourth-order valence-corrected chi connectivity index (χ4v) is 4.11. The summed E-state index contributed by atoms with van der Waals surface area (Å²) in [6.45, 7) is 8.14. The Morgan fingerprint density at radius 3 is 2.45 bits per heavy atom. The van der Waals surface area contributed by atoms with Crippen LogP contribution in [-0.2, 0) is 22.7 Å². The number of hydrogen-bond acceptors (Lipinski definition) is 7. The predicted octanol–water partition coefficient (Wildman–Crippen LogP) is 3.19. The summed E-state index contributed by atoms with van der Waals surface area (Å²) in [7, 11) is 0. The molecule has 176 valence electrons. The molecular weight excluding hydrogens is 422 g/mol. The van der Waals surface area contributed by atoms with Crippen LogP contribution in [0.15, 0.2) is 48.5 Å². The first-order chi connectivity index (χ1) is 15.7. The van der Waals surface area contributed by atoms with Crippen molar-refractivity contribution in [2.24, 2.45) is 0 Å². The molecule has 1 atom stereocenters. The van der Waals surface area contributed by atoms with Gasteiger partial charge in [-0.15, -0.1) is 5.06 Å². The molecule has 1 saturated heterocycles. The first kappa shape index (κ1) is 23.1. The smallest absolute Gasteiger partial charge is 0.410 e. The third kappa shape index (κ3) is 5.46. The first-order valence-corrected chi connectivity index (χ1v) is 11.2. The monoisotopic (exact) mass is 453 g/mol. The Bertz CT molecular complexity index is 1000. The van der Waals surface area contributed by atoms with Gasteiger partial charge in [0.05, 0.1) is 24.8 Å². The Morgan fingerprint density at radius 1 is 1.03 bits per heavy atom. The van der Waals surface area contributed by atoms with Gasteiger partial charge in [-0.25, -0.2) is 9.59 Å². The first-order valence-electron chi connectivity index (χ1n) is 11.2. The largest absolute Gasteiger partial charge is 0.444 e. The van der Waals surface area contributed by atoms with Crippen molar-refractivity contribution in [1.82, 2.24) is 9.96 Å². The van der Waals surface area contributed by atoms with Gasteiger partial charge in [-0.05, 0) is 56.2 Å². The third-order valence-corrected chi connectivity index (χ3v) is 5.78. The van der Waals surface area contributed by atoms with Gasteiger partial charge in [-0.3, -0.25) is 4.90 Å². The average molecular weight is 454 g/mol. The van der Waals surface area contributed by atoms with Crippen LogP contribution in [0.25, 0.3) is 0 Å². The second-order valence-corrected chi connectivity index (χ2v) is 9.46. The summed E-state index contributed by atoms with van der Waals surface area (Å²) in [6.07, 6.45) is -0.311. The SMILES string of the molecule is CC(C)(C)OC(=O)N1Cc2ccc(N3CCN(OC(=O)c4ccccc4)C(CO)C3)cc2C1. The van der Waals surface area contributed by atoms with Crippen molar-refractivity contribution in [2.75, 3.05) is 31.1 Å². The van der Waals surface area contributed by atoms with Crippen LogP contribution in [-0.4, -0.2) is 65.0 Å². The van der Waals surface area contributed by atoms with Gasteiger partial charge in [0, 0.05) is 31.9 Å². The van der Waals surface area contributed by atoms with Gasteiger partial charge in [-0.1, -0.05) is 24.3 Å². The fraction of sp³-hybridized carbons (Fsp3) is 0.440. The summed E-state index contributed by atoms with van der Waals surface area (Å²) >= 11 is 0. The van der Waals surface area contributed by atoms with Crippen molar-refractivity contribution in [2.45, 2.75) is 45.5 Å². The molecule has 1 amide bonds. The van der Waals surface area contributed by atoms with Crippen LogP contribution in [0.1, 0.15) is 42.3 Å². The second kappa shape index (κ2) is 9.41. The maximum atomic E-state index is 12.4. The Balaban J connectivity index is 1.39. The number of carbonyl (C=O) groups is 2. The summed E-state index contributed by atoms with van der Waals surface area (Å²) in [5.41, 5.74) is 3.17. The summed E-state index contributed by atoms with van der Waals surface area (Å²) in [5.74, 6) is -0.428. The van der Waals surface area contributed by atoms with E-state index >= 15 is 0 Å². The lowest BCUT2D eigenvalue weighted by molar-refractivity contribution is -0.150. The van der Waals surface area contributed by atoms with E-state index in [-0.39, 0.29) is 18.7 Å². The van der Waals surface area contributed by atoms with E-state index < -0.39 is 11.6 Å². The predicted molar refractivity (Wildman–Crippen MR) is 124 cm³/mol. The minimum absolute atomic E-state index is 0.129. The van der Waals surface area contributed by atoms with Crippen LogP contribution in [0.3, 0.4) is 0 Å². The van der Waals surface area contributed by atoms with E-state index in [2.05, 4.69) is 11.0 Å². The quantitative estimate of drug-likeness (QED) is 0.761. The van der Waals surface area contributed by atoms with Crippen molar-refractivity contribution < 1.29 is 24.3 Å². The summed E-state index contributed by atoms with van der Waals surface area (Å²) in [4.78, 5) is 34.3. The van der Waals surface area contributed by atoms with Crippen molar-refractivity contribution in [1.29, 1.82) is 0 Å². The molecule has 0 aromatic heterocycles. The number of benzene rings is 2. The molecule has 2 heterocycles. The van der Waals surface area contributed by atoms with Crippen molar-refractivity contribution >= 4 is 17.7 Å². The molecule has 0 bridgehead atoms. The highest BCUT2D eigenvalue weighted by atomic mass is 16.7. The third-order valence-electron chi connectivity index (χ3n) is 5.78. The van der Waals surface area contributed by atoms with Crippen LogP contribution in [0.4, 0.5) is 10.5 Å². The van der Waals surface area contributed by atoms with E-state index in [1.54, 1.807) is 34.2 Å². The van der Waals surface area contributed by atoms with E-state index in [0.717, 1.165) is 16.8 Å². The van der Waals surface area contributed by atoms with Crippen LogP contribution in [0.2, 0.25) is 0 Å². The summed E-state index contributed by atoms with van der Waals surface area (Å²) < 4.78 is 5.51. The normalized spacial score (nSPS) is 18.7. The molecule has 4 rings (SSSR count). The van der Waals surface area contributed by atoms with Gasteiger partial charge in [0.1, 0.15) is 5.60 Å². The Morgan fingerprint density at radius 2 is 1.76 bits per heavy atom. The van der Waals surface area contributed by atoms with Gasteiger partial charge in [0.2, 0.25) is 0 Å². The molecular formula is C25H31N3O5. The molecule has 0 aliphatic carbocycles. The van der Waals surface area contributed by atoms with Gasteiger partial charge >= 0.3 is 12.1 Å². The van der Waals surface area contributed by atoms with Crippen LogP contribution >= 0.6 is 0 Å². The molecule has 33 heavy (non-hydrogen) atoms. The van der Waals surface area contributed by atoms with E-state index in [9.17, 15) is 14.7 Å². The molecule has 1 N–H and O–H groups in total. The van der Waals surface area contributed by atoms with Crippen molar-refractivity contribution in [3.8, 4) is 0 Å². The number of carbonyl (C=O) groups excluding carboxylic acids is 2. The average Bonchev–Trinajstić information content (AvgIpc) is 3.22. The number of hydroxylamine groups is 2. The molecule has 0 spiro atoms. The fourth-order valence-electron chi connectivity index (χ4n) is 4.11. The highest BCUT2D eigenvalue weighted by Gasteiger charge is 2.32. The van der Waals surface area contributed by atoms with Crippen LogP contribution < -0.4 is 4.90 Å². The van der Waals surface area contributed by atoms with E-state index in [1.165, 1.54) is 0 Å². The number of fused-ring (bicyclic) bond motifs is 1. The van der Waals surface area contributed by atoms with Crippen LogP contribution in [0.5, 0.6) is 0 Å². The lowest BCUT2D eigenvalue weighted by Gasteiger charge is -2.40. The number of amides is 1. The topological polar surface area (TPSA) is 82.5 Å². The number of rotatable bonds is 4. The van der Waals surface area contributed by atoms with Gasteiger partial charge in [0.25, 0.3) is 0 Å². The van der Waals surface area contributed by atoms with E-state index in [4.69, 9.17) is 9.57 Å². The molecule has 2 aromatic rings. The molecule has 8 nitrogen and oxygen atoms in total. The van der Waals surface area contributed by atoms with E-state index in [1.807, 2.05) is 39.0 Å². The number of ether oxygens (including phenoxy) is 1. The maximum Gasteiger partial charge on any atom is 0.410 e. The number of hydrogen-bond donors (Lipinski definition) is 1. The minimum atomic E-state index is -0.528. The number of nitrogens with zero attached hydrogens (tertiary/aromatic N) is 3.